The number of methoxy groups -OCH3 is 2. The van der Waals surface area contributed by atoms with E-state index in [4.69, 9.17) is 18.9 Å². The van der Waals surface area contributed by atoms with Crippen molar-refractivity contribution in [2.75, 3.05) is 20.8 Å². The highest BCUT2D eigenvalue weighted by Gasteiger charge is 2.53. The van der Waals surface area contributed by atoms with Crippen molar-refractivity contribution >= 4 is 11.8 Å². The summed E-state index contributed by atoms with van der Waals surface area (Å²) in [4.78, 5) is 25.4. The van der Waals surface area contributed by atoms with Gasteiger partial charge in [-0.05, 0) is 68.2 Å². The van der Waals surface area contributed by atoms with Crippen LogP contribution in [0.25, 0.3) is 11.1 Å². The molecular weight excluding hydrogens is 432 g/mol. The minimum Gasteiger partial charge on any atom is -0.493 e. The Hall–Kier alpha value is -3.02. The molecule has 2 aromatic carbocycles. The number of esters is 1. The van der Waals surface area contributed by atoms with Crippen LogP contribution in [0.5, 0.6) is 17.2 Å². The molecule has 3 aliphatic carbocycles. The monoisotopic (exact) mass is 464 g/mol. The van der Waals surface area contributed by atoms with Gasteiger partial charge in [-0.1, -0.05) is 24.6 Å². The van der Waals surface area contributed by atoms with Crippen LogP contribution < -0.4 is 14.2 Å². The van der Waals surface area contributed by atoms with Crippen LogP contribution in [-0.4, -0.2) is 38.7 Å². The first-order chi connectivity index (χ1) is 16.6. The predicted octanol–water partition coefficient (Wildman–Crippen LogP) is 5.53. The van der Waals surface area contributed by atoms with Crippen molar-refractivity contribution in [3.63, 3.8) is 0 Å². The molecule has 0 amide bonds. The van der Waals surface area contributed by atoms with E-state index in [-0.39, 0.29) is 24.5 Å². The Labute approximate surface area is 200 Å². The number of ether oxygens (including phenoxy) is 4. The second-order valence-corrected chi connectivity index (χ2v) is 9.67. The standard InChI is InChI=1S/C28H32O6/c1-31-24-14-12-22(19-9-6-10-21-20(19)11-13-23(21)29)25(26(24)32-2)33-17-28(15-16-28)27(30)34-18-7-4-3-5-8-18/h6,9-10,12,14,18H,3-5,7-8,11,13,15-17H2,1-2H3. The van der Waals surface area contributed by atoms with Gasteiger partial charge in [0.05, 0.1) is 14.2 Å². The molecule has 0 saturated heterocycles. The zero-order chi connectivity index (χ0) is 23.7. The third-order valence-corrected chi connectivity index (χ3v) is 7.47. The van der Waals surface area contributed by atoms with Crippen LogP contribution in [0.2, 0.25) is 0 Å². The van der Waals surface area contributed by atoms with Gasteiger partial charge in [-0.15, -0.1) is 0 Å². The third-order valence-electron chi connectivity index (χ3n) is 7.47. The molecule has 0 aliphatic heterocycles. The highest BCUT2D eigenvalue weighted by Crippen LogP contribution is 2.51. The first-order valence-electron chi connectivity index (χ1n) is 12.3. The van der Waals surface area contributed by atoms with E-state index in [2.05, 4.69) is 0 Å². The fourth-order valence-electron chi connectivity index (χ4n) is 5.22. The number of hydrogen-bond donors (Lipinski definition) is 0. The number of fused-ring (bicyclic) bond motifs is 1. The SMILES string of the molecule is COc1ccc(-c2cccc3c2CCC3=O)c(OCC2(C(=O)OC3CCCCC3)CC2)c1OC. The normalized spacial score (nSPS) is 18.8. The molecule has 0 unspecified atom stereocenters. The van der Waals surface area contributed by atoms with Gasteiger partial charge in [-0.2, -0.15) is 0 Å². The molecule has 0 aromatic heterocycles. The fourth-order valence-corrected chi connectivity index (χ4v) is 5.22. The number of hydrogen-bond acceptors (Lipinski definition) is 6. The summed E-state index contributed by atoms with van der Waals surface area (Å²) in [6.07, 6.45) is 8.14. The molecule has 6 nitrogen and oxygen atoms in total. The fraction of sp³-hybridized carbons (Fsp3) is 0.500. The zero-order valence-electron chi connectivity index (χ0n) is 20.0. The maximum atomic E-state index is 13.0. The summed E-state index contributed by atoms with van der Waals surface area (Å²) in [6.45, 7) is 0.225. The quantitative estimate of drug-likeness (QED) is 0.478. The van der Waals surface area contributed by atoms with Crippen molar-refractivity contribution < 1.29 is 28.5 Å². The van der Waals surface area contributed by atoms with E-state index in [1.165, 1.54) is 6.42 Å². The molecule has 0 spiro atoms. The highest BCUT2D eigenvalue weighted by molar-refractivity contribution is 6.02. The number of carbonyl (C=O) groups excluding carboxylic acids is 2. The largest absolute Gasteiger partial charge is 0.493 e. The Kier molecular flexibility index (Phi) is 6.24. The Morgan fingerprint density at radius 2 is 1.68 bits per heavy atom. The van der Waals surface area contributed by atoms with Crippen LogP contribution in [0.3, 0.4) is 0 Å². The van der Waals surface area contributed by atoms with E-state index >= 15 is 0 Å². The van der Waals surface area contributed by atoms with Crippen LogP contribution in [0.4, 0.5) is 0 Å². The highest BCUT2D eigenvalue weighted by atomic mass is 16.6. The number of carbonyl (C=O) groups is 2. The molecule has 180 valence electrons. The van der Waals surface area contributed by atoms with Crippen molar-refractivity contribution in [2.24, 2.45) is 5.41 Å². The summed E-state index contributed by atoms with van der Waals surface area (Å²) in [5.74, 6) is 1.60. The second-order valence-electron chi connectivity index (χ2n) is 9.67. The average Bonchev–Trinajstić information content (AvgIpc) is 3.58. The van der Waals surface area contributed by atoms with Crippen molar-refractivity contribution in [2.45, 2.75) is 63.9 Å². The summed E-state index contributed by atoms with van der Waals surface area (Å²) in [5.41, 5.74) is 2.99. The molecule has 34 heavy (non-hydrogen) atoms. The lowest BCUT2D eigenvalue weighted by molar-refractivity contribution is -0.158. The Bertz CT molecular complexity index is 1090. The Balaban J connectivity index is 1.44. The van der Waals surface area contributed by atoms with Crippen molar-refractivity contribution in [1.29, 1.82) is 0 Å². The van der Waals surface area contributed by atoms with E-state index in [1.54, 1.807) is 14.2 Å². The van der Waals surface area contributed by atoms with Gasteiger partial charge in [0.15, 0.2) is 17.3 Å². The van der Waals surface area contributed by atoms with Gasteiger partial charge in [0.25, 0.3) is 0 Å². The van der Waals surface area contributed by atoms with E-state index < -0.39 is 5.41 Å². The number of ketones is 1. The van der Waals surface area contributed by atoms with Crippen molar-refractivity contribution in [1.82, 2.24) is 0 Å². The van der Waals surface area contributed by atoms with Crippen LogP contribution in [-0.2, 0) is 16.0 Å². The predicted molar refractivity (Wildman–Crippen MR) is 128 cm³/mol. The number of benzene rings is 2. The van der Waals surface area contributed by atoms with E-state index in [0.717, 1.165) is 60.8 Å². The van der Waals surface area contributed by atoms with Crippen LogP contribution in [0.1, 0.15) is 67.3 Å². The molecule has 0 N–H and O–H groups in total. The van der Waals surface area contributed by atoms with Crippen molar-refractivity contribution in [3.8, 4) is 28.4 Å². The molecule has 0 bridgehead atoms. The van der Waals surface area contributed by atoms with E-state index in [9.17, 15) is 9.59 Å². The van der Waals surface area contributed by atoms with E-state index in [1.807, 2.05) is 30.3 Å². The van der Waals surface area contributed by atoms with E-state index in [0.29, 0.717) is 30.1 Å². The molecule has 2 aromatic rings. The van der Waals surface area contributed by atoms with Crippen LogP contribution in [0, 0.1) is 5.41 Å². The van der Waals surface area contributed by atoms with Gasteiger partial charge in [0.2, 0.25) is 5.75 Å². The topological polar surface area (TPSA) is 71.1 Å². The Morgan fingerprint density at radius 1 is 0.912 bits per heavy atom. The minimum absolute atomic E-state index is 0.0325. The number of rotatable bonds is 8. The molecule has 0 radical (unpaired) electrons. The van der Waals surface area contributed by atoms with Gasteiger partial charge in [0.1, 0.15) is 18.1 Å². The van der Waals surface area contributed by atoms with Crippen molar-refractivity contribution in [3.05, 3.63) is 41.5 Å². The minimum atomic E-state index is -0.600. The second kappa shape index (κ2) is 9.32. The lowest BCUT2D eigenvalue weighted by atomic mass is 9.95. The van der Waals surface area contributed by atoms with Gasteiger partial charge < -0.3 is 18.9 Å². The smallest absolute Gasteiger partial charge is 0.315 e. The first kappa shape index (κ1) is 22.8. The lowest BCUT2D eigenvalue weighted by Crippen LogP contribution is -2.30. The molecule has 0 atom stereocenters. The first-order valence-corrected chi connectivity index (χ1v) is 12.3. The summed E-state index contributed by atoms with van der Waals surface area (Å²) in [6, 6.07) is 9.59. The summed E-state index contributed by atoms with van der Waals surface area (Å²) < 4.78 is 23.5. The maximum absolute atomic E-state index is 13.0. The number of Topliss-reactive ketones (excluding diaryl/α,β-unsaturated/α-hetero) is 1. The molecule has 2 fully saturated rings. The lowest BCUT2D eigenvalue weighted by Gasteiger charge is -2.25. The summed E-state index contributed by atoms with van der Waals surface area (Å²) in [5, 5.41) is 0. The molecule has 6 heteroatoms. The summed E-state index contributed by atoms with van der Waals surface area (Å²) in [7, 11) is 3.17. The zero-order valence-corrected chi connectivity index (χ0v) is 20.0. The van der Waals surface area contributed by atoms with Gasteiger partial charge >= 0.3 is 5.97 Å². The summed E-state index contributed by atoms with van der Waals surface area (Å²) >= 11 is 0. The molecule has 0 heterocycles. The molecular formula is C28H32O6. The van der Waals surface area contributed by atoms with Gasteiger partial charge in [0, 0.05) is 17.5 Å². The third kappa shape index (κ3) is 4.15. The molecule has 3 aliphatic rings. The Morgan fingerprint density at radius 3 is 2.38 bits per heavy atom. The van der Waals surface area contributed by atoms with Gasteiger partial charge in [-0.25, -0.2) is 0 Å². The molecule has 2 saturated carbocycles. The van der Waals surface area contributed by atoms with Crippen LogP contribution in [0.15, 0.2) is 30.3 Å². The van der Waals surface area contributed by atoms with Crippen LogP contribution >= 0.6 is 0 Å². The maximum Gasteiger partial charge on any atom is 0.315 e. The average molecular weight is 465 g/mol. The molecule has 5 rings (SSSR count). The van der Waals surface area contributed by atoms with Gasteiger partial charge in [-0.3, -0.25) is 9.59 Å².